The van der Waals surface area contributed by atoms with Crippen LogP contribution in [0.15, 0.2) is 137 Å². The van der Waals surface area contributed by atoms with Gasteiger partial charge in [0.05, 0.1) is 12.7 Å². The van der Waals surface area contributed by atoms with Crippen LogP contribution >= 0.6 is 18.2 Å². The monoisotopic (exact) mass is 768 g/mol. The summed E-state index contributed by atoms with van der Waals surface area (Å²) in [5.41, 5.74) is 1.26. The van der Waals surface area contributed by atoms with Crippen molar-refractivity contribution in [2.45, 2.75) is 75.4 Å². The molecule has 0 spiro atoms. The summed E-state index contributed by atoms with van der Waals surface area (Å²) < 4.78 is 43.5. The van der Waals surface area contributed by atoms with E-state index in [1.807, 2.05) is 97.1 Å². The second kappa shape index (κ2) is 15.5. The molecule has 0 bridgehead atoms. The van der Waals surface area contributed by atoms with Crippen LogP contribution in [0.3, 0.4) is 0 Å². The van der Waals surface area contributed by atoms with Gasteiger partial charge in [-0.3, -0.25) is 23.4 Å². The van der Waals surface area contributed by atoms with Crippen molar-refractivity contribution in [1.82, 2.24) is 9.55 Å². The molecule has 1 unspecified atom stereocenters. The number of aryl methyl sites for hydroxylation is 1. The van der Waals surface area contributed by atoms with E-state index in [9.17, 15) is 9.59 Å². The van der Waals surface area contributed by atoms with Crippen molar-refractivity contribution in [1.29, 1.82) is 0 Å². The Morgan fingerprint density at radius 3 is 1.94 bits per heavy atom. The Labute approximate surface area is 315 Å². The van der Waals surface area contributed by atoms with E-state index >= 15 is 4.57 Å². The van der Waals surface area contributed by atoms with Crippen LogP contribution in [0.1, 0.15) is 67.9 Å². The van der Waals surface area contributed by atoms with Crippen LogP contribution in [0.4, 0.5) is 0 Å². The zero-order valence-corrected chi connectivity index (χ0v) is 33.0. The summed E-state index contributed by atoms with van der Waals surface area (Å²) in [5, 5.41) is 1.75. The van der Waals surface area contributed by atoms with Crippen molar-refractivity contribution in [2.75, 3.05) is 6.61 Å². The highest BCUT2D eigenvalue weighted by molar-refractivity contribution is 8.55. The van der Waals surface area contributed by atoms with Crippen molar-refractivity contribution in [3.05, 3.63) is 165 Å². The van der Waals surface area contributed by atoms with Gasteiger partial charge in [0.25, 0.3) is 13.9 Å². The number of ether oxygens (including phenoxy) is 1. The average molecular weight is 769 g/mol. The minimum absolute atomic E-state index is 0.0976. The van der Waals surface area contributed by atoms with Crippen LogP contribution < -0.4 is 21.6 Å². The van der Waals surface area contributed by atoms with Gasteiger partial charge in [-0.2, -0.15) is 0 Å². The van der Waals surface area contributed by atoms with Gasteiger partial charge in [-0.15, -0.1) is 0 Å². The number of benzene rings is 4. The van der Waals surface area contributed by atoms with Gasteiger partial charge in [0.1, 0.15) is 18.4 Å². The molecule has 9 nitrogen and oxygen atoms in total. The lowest BCUT2D eigenvalue weighted by molar-refractivity contribution is -0.0408. The predicted molar refractivity (Wildman–Crippen MR) is 212 cm³/mol. The highest BCUT2D eigenvalue weighted by atomic mass is 32.7. The first-order valence-electron chi connectivity index (χ1n) is 17.9. The van der Waals surface area contributed by atoms with E-state index < -0.39 is 50.9 Å². The summed E-state index contributed by atoms with van der Waals surface area (Å²) in [6, 6.07) is 40.4. The maximum Gasteiger partial charge on any atom is 0.390 e. The Morgan fingerprint density at radius 2 is 1.38 bits per heavy atom. The molecule has 276 valence electrons. The van der Waals surface area contributed by atoms with Gasteiger partial charge < -0.3 is 9.16 Å². The summed E-state index contributed by atoms with van der Waals surface area (Å²) in [4.78, 5) is 27.8. The van der Waals surface area contributed by atoms with E-state index in [1.165, 1.54) is 22.1 Å². The molecule has 12 heteroatoms. The normalized spacial score (nSPS) is 24.9. The van der Waals surface area contributed by atoms with Crippen molar-refractivity contribution in [3.63, 3.8) is 0 Å². The second-order valence-electron chi connectivity index (χ2n) is 14.7. The van der Waals surface area contributed by atoms with Gasteiger partial charge >= 0.3 is 12.5 Å². The van der Waals surface area contributed by atoms with Crippen LogP contribution in [0.25, 0.3) is 0 Å². The fourth-order valence-electron chi connectivity index (χ4n) is 7.46. The first kappa shape index (κ1) is 37.5. The molecule has 3 heterocycles. The standard InChI is InChI=1S/C41H45N2O7PSSi/c1-29-27-43(40(45)42-39(29)44)38-26-35(50-51(46)49-34(30-17-9-5-10-18-30)25-37(52-51)31-19-11-6-12-20-31)36(48-38)28-47-53(41(2,3)4,32-21-13-7-14-22-32)33-23-15-8-16-24-33/h5-24,27,34-38H,25-26,28H2,1-4H3,(H,42,44,45)/t34-,35+,36-,37-,38-,51?/m1/s1. The fourth-order valence-corrected chi connectivity index (χ4v) is 16.6. The Bertz CT molecular complexity index is 2070. The number of hydrogen-bond donors (Lipinski definition) is 1. The van der Waals surface area contributed by atoms with Crippen molar-refractivity contribution >= 4 is 36.9 Å². The molecular formula is C41H45N2O7PSSi. The summed E-state index contributed by atoms with van der Waals surface area (Å²) in [7, 11) is -3.01. The number of nitrogens with zero attached hydrogens (tertiary/aromatic N) is 1. The molecule has 7 rings (SSSR count). The molecule has 4 aromatic carbocycles. The smallest absolute Gasteiger partial charge is 0.390 e. The molecule has 0 aliphatic carbocycles. The third kappa shape index (κ3) is 7.89. The molecule has 5 aromatic rings. The molecular weight excluding hydrogens is 724 g/mol. The number of rotatable bonds is 10. The summed E-state index contributed by atoms with van der Waals surface area (Å²) in [6.07, 6.45) is -0.499. The Morgan fingerprint density at radius 1 is 0.830 bits per heavy atom. The molecule has 2 saturated heterocycles. The Balaban J connectivity index is 1.26. The number of hydrogen-bond acceptors (Lipinski definition) is 8. The predicted octanol–water partition coefficient (Wildman–Crippen LogP) is 7.84. The second-order valence-corrected chi connectivity index (χ2v) is 23.0. The molecule has 53 heavy (non-hydrogen) atoms. The molecule has 2 aliphatic rings. The lowest BCUT2D eigenvalue weighted by Gasteiger charge is -2.43. The SMILES string of the molecule is Cc1cn([C@H]2C[C@H](OP3(=O)O[C@@H](c4ccccc4)C[C@H](c4ccccc4)S3)[C@@H](CO[Si](c3ccccc3)(c3ccccc3)C(C)(C)C)O2)c(=O)[nH]c1=O. The van der Waals surface area contributed by atoms with Gasteiger partial charge in [-0.1, -0.05) is 142 Å². The Kier molecular flexibility index (Phi) is 11.0. The van der Waals surface area contributed by atoms with E-state index in [-0.39, 0.29) is 23.3 Å². The number of aromatic amines is 1. The molecule has 0 saturated carbocycles. The van der Waals surface area contributed by atoms with Crippen LogP contribution in [-0.4, -0.2) is 36.7 Å². The van der Waals surface area contributed by atoms with Gasteiger partial charge in [0.15, 0.2) is 0 Å². The lowest BCUT2D eigenvalue weighted by atomic mass is 10.0. The van der Waals surface area contributed by atoms with E-state index in [4.69, 9.17) is 18.2 Å². The molecule has 6 atom stereocenters. The average Bonchev–Trinajstić information content (AvgIpc) is 3.55. The van der Waals surface area contributed by atoms with Crippen molar-refractivity contribution in [2.24, 2.45) is 0 Å². The lowest BCUT2D eigenvalue weighted by Crippen LogP contribution is -2.67. The Hall–Kier alpha value is -3.80. The minimum atomic E-state index is -3.86. The van der Waals surface area contributed by atoms with Crippen molar-refractivity contribution in [3.8, 4) is 0 Å². The zero-order chi connectivity index (χ0) is 37.2. The maximum absolute atomic E-state index is 15.0. The molecule has 1 aromatic heterocycles. The molecule has 1 N–H and O–H groups in total. The number of aromatic nitrogens is 2. The first-order valence-corrected chi connectivity index (χ1v) is 22.9. The van der Waals surface area contributed by atoms with E-state index in [1.54, 1.807) is 6.92 Å². The van der Waals surface area contributed by atoms with E-state index in [2.05, 4.69) is 50.0 Å². The number of nitrogens with one attached hydrogen (secondary N) is 1. The largest absolute Gasteiger partial charge is 0.405 e. The minimum Gasteiger partial charge on any atom is -0.405 e. The van der Waals surface area contributed by atoms with Gasteiger partial charge in [-0.05, 0) is 51.3 Å². The summed E-state index contributed by atoms with van der Waals surface area (Å²) >= 11 is 1.21. The van der Waals surface area contributed by atoms with Crippen LogP contribution in [0.5, 0.6) is 0 Å². The molecule has 0 radical (unpaired) electrons. The van der Waals surface area contributed by atoms with Crippen molar-refractivity contribution < 1.29 is 22.8 Å². The fraction of sp³-hybridized carbons (Fsp3) is 0.317. The van der Waals surface area contributed by atoms with E-state index in [0.29, 0.717) is 12.0 Å². The summed E-state index contributed by atoms with van der Waals surface area (Å²) in [6.45, 7) is 4.48. The van der Waals surface area contributed by atoms with E-state index in [0.717, 1.165) is 21.5 Å². The maximum atomic E-state index is 15.0. The van der Waals surface area contributed by atoms with Crippen LogP contribution in [0.2, 0.25) is 5.04 Å². The van der Waals surface area contributed by atoms with Gasteiger partial charge in [-0.25, -0.2) is 9.36 Å². The van der Waals surface area contributed by atoms with Gasteiger partial charge in [0.2, 0.25) is 0 Å². The van der Waals surface area contributed by atoms with Gasteiger partial charge in [0, 0.05) is 23.4 Å². The topological polar surface area (TPSA) is 109 Å². The quantitative estimate of drug-likeness (QED) is 0.113. The first-order chi connectivity index (χ1) is 25.5. The summed E-state index contributed by atoms with van der Waals surface area (Å²) in [5.74, 6) is 0. The highest BCUT2D eigenvalue weighted by Crippen LogP contribution is 2.73. The highest BCUT2D eigenvalue weighted by Gasteiger charge is 2.53. The third-order valence-corrected chi connectivity index (χ3v) is 19.1. The molecule has 0 amide bonds. The van der Waals surface area contributed by atoms with Crippen LogP contribution in [0, 0.1) is 6.92 Å². The molecule has 2 fully saturated rings. The molecule has 2 aliphatic heterocycles. The van der Waals surface area contributed by atoms with Crippen LogP contribution in [-0.2, 0) is 22.8 Å². The third-order valence-electron chi connectivity index (χ3n) is 10.1. The number of H-pyrrole nitrogens is 1. The zero-order valence-electron chi connectivity index (χ0n) is 30.3.